The van der Waals surface area contributed by atoms with E-state index in [1.807, 2.05) is 0 Å². The van der Waals surface area contributed by atoms with Crippen LogP contribution in [-0.4, -0.2) is 47.4 Å². The van der Waals surface area contributed by atoms with Gasteiger partial charge in [0.05, 0.1) is 6.04 Å². The summed E-state index contributed by atoms with van der Waals surface area (Å²) < 4.78 is 0. The molecule has 0 aromatic carbocycles. The van der Waals surface area contributed by atoms with E-state index in [0.29, 0.717) is 11.3 Å². The highest BCUT2D eigenvalue weighted by molar-refractivity contribution is 5.82. The first-order valence-electron chi connectivity index (χ1n) is 7.82. The number of rotatable bonds is 2. The summed E-state index contributed by atoms with van der Waals surface area (Å²) in [5, 5.41) is 0. The molecule has 1 amide bonds. The minimum absolute atomic E-state index is 0.243. The van der Waals surface area contributed by atoms with Crippen molar-refractivity contribution >= 4 is 5.91 Å². The highest BCUT2D eigenvalue weighted by Gasteiger charge is 2.47. The second-order valence-electron chi connectivity index (χ2n) is 6.99. The van der Waals surface area contributed by atoms with Crippen LogP contribution in [0.5, 0.6) is 0 Å². The molecule has 4 fully saturated rings. The van der Waals surface area contributed by atoms with Crippen molar-refractivity contribution < 1.29 is 4.79 Å². The fourth-order valence-electron chi connectivity index (χ4n) is 4.32. The molecule has 4 aliphatic rings. The first kappa shape index (κ1) is 11.3. The van der Waals surface area contributed by atoms with E-state index in [4.69, 9.17) is 0 Å². The van der Waals surface area contributed by atoms with Gasteiger partial charge in [-0.2, -0.15) is 0 Å². The summed E-state index contributed by atoms with van der Waals surface area (Å²) >= 11 is 0. The Kier molecular flexibility index (Phi) is 2.48. The van der Waals surface area contributed by atoms with Gasteiger partial charge in [0.25, 0.3) is 0 Å². The van der Waals surface area contributed by atoms with Gasteiger partial charge < -0.3 is 4.90 Å². The summed E-state index contributed by atoms with van der Waals surface area (Å²) in [4.78, 5) is 17.4. The maximum Gasteiger partial charge on any atom is 0.239 e. The SMILES string of the molecule is O=C(C1CCCN1C1CC1)N1CCC2(CCC2)C1. The van der Waals surface area contributed by atoms with E-state index in [-0.39, 0.29) is 6.04 Å². The first-order chi connectivity index (χ1) is 8.77. The molecule has 0 aromatic heterocycles. The van der Waals surface area contributed by atoms with Crippen molar-refractivity contribution in [3.05, 3.63) is 0 Å². The second-order valence-corrected chi connectivity index (χ2v) is 6.99. The summed E-state index contributed by atoms with van der Waals surface area (Å²) in [6.45, 7) is 3.27. The van der Waals surface area contributed by atoms with Gasteiger partial charge in [-0.1, -0.05) is 6.42 Å². The van der Waals surface area contributed by atoms with E-state index in [2.05, 4.69) is 9.80 Å². The Morgan fingerprint density at radius 2 is 1.83 bits per heavy atom. The zero-order chi connectivity index (χ0) is 12.2. The molecule has 100 valence electrons. The lowest BCUT2D eigenvalue weighted by molar-refractivity contribution is -0.135. The third-order valence-electron chi connectivity index (χ3n) is 5.76. The maximum absolute atomic E-state index is 12.7. The maximum atomic E-state index is 12.7. The summed E-state index contributed by atoms with van der Waals surface area (Å²) in [6, 6.07) is 0.995. The fraction of sp³-hybridized carbons (Fsp3) is 0.933. The van der Waals surface area contributed by atoms with Crippen LogP contribution in [0.2, 0.25) is 0 Å². The van der Waals surface area contributed by atoms with Crippen LogP contribution in [0.1, 0.15) is 51.4 Å². The second kappa shape index (κ2) is 3.96. The van der Waals surface area contributed by atoms with Gasteiger partial charge in [-0.3, -0.25) is 9.69 Å². The van der Waals surface area contributed by atoms with Gasteiger partial charge in [0.2, 0.25) is 5.91 Å². The van der Waals surface area contributed by atoms with E-state index in [1.165, 1.54) is 51.5 Å². The van der Waals surface area contributed by atoms with Gasteiger partial charge in [0, 0.05) is 19.1 Å². The lowest BCUT2D eigenvalue weighted by Crippen LogP contribution is -2.46. The van der Waals surface area contributed by atoms with E-state index < -0.39 is 0 Å². The highest BCUT2D eigenvalue weighted by atomic mass is 16.2. The molecular weight excluding hydrogens is 224 g/mol. The Labute approximate surface area is 110 Å². The molecule has 1 atom stereocenters. The van der Waals surface area contributed by atoms with Gasteiger partial charge in [-0.15, -0.1) is 0 Å². The molecule has 0 aromatic rings. The van der Waals surface area contributed by atoms with E-state index >= 15 is 0 Å². The molecule has 2 saturated carbocycles. The van der Waals surface area contributed by atoms with E-state index in [1.54, 1.807) is 0 Å². The van der Waals surface area contributed by atoms with Crippen molar-refractivity contribution in [3.8, 4) is 0 Å². The van der Waals surface area contributed by atoms with E-state index in [9.17, 15) is 4.79 Å². The normalized spacial score (nSPS) is 35.1. The standard InChI is InChI=1S/C15H24N2O/c18-14(13-3-1-9-17(13)12-4-5-12)16-10-8-15(11-16)6-2-7-15/h12-13H,1-11H2. The topological polar surface area (TPSA) is 23.6 Å². The molecule has 2 heterocycles. The first-order valence-corrected chi connectivity index (χ1v) is 7.82. The van der Waals surface area contributed by atoms with Gasteiger partial charge in [-0.25, -0.2) is 0 Å². The Balaban J connectivity index is 1.43. The van der Waals surface area contributed by atoms with E-state index in [0.717, 1.165) is 25.6 Å². The summed E-state index contributed by atoms with van der Waals surface area (Å²) in [6.07, 6.45) is 10.4. The molecule has 18 heavy (non-hydrogen) atoms. The number of hydrogen-bond acceptors (Lipinski definition) is 2. The number of carbonyl (C=O) groups excluding carboxylic acids is 1. The molecule has 2 aliphatic carbocycles. The average Bonchev–Trinajstić information content (AvgIpc) is 2.92. The van der Waals surface area contributed by atoms with Crippen LogP contribution in [0.4, 0.5) is 0 Å². The molecule has 1 unspecified atom stereocenters. The van der Waals surface area contributed by atoms with Crippen LogP contribution in [0, 0.1) is 5.41 Å². The average molecular weight is 248 g/mol. The summed E-state index contributed by atoms with van der Waals surface area (Å²) in [5.74, 6) is 0.461. The van der Waals surface area contributed by atoms with Crippen LogP contribution >= 0.6 is 0 Å². The van der Waals surface area contributed by atoms with Gasteiger partial charge in [-0.05, 0) is 56.9 Å². The summed E-state index contributed by atoms with van der Waals surface area (Å²) in [7, 11) is 0. The van der Waals surface area contributed by atoms with Crippen molar-refractivity contribution in [1.82, 2.24) is 9.80 Å². The molecule has 2 saturated heterocycles. The third kappa shape index (κ3) is 1.70. The number of likely N-dealkylation sites (tertiary alicyclic amines) is 2. The zero-order valence-corrected chi connectivity index (χ0v) is 11.2. The molecule has 0 bridgehead atoms. The van der Waals surface area contributed by atoms with Crippen molar-refractivity contribution in [2.24, 2.45) is 5.41 Å². The van der Waals surface area contributed by atoms with Crippen LogP contribution < -0.4 is 0 Å². The van der Waals surface area contributed by atoms with Crippen LogP contribution in [0.3, 0.4) is 0 Å². The third-order valence-corrected chi connectivity index (χ3v) is 5.76. The molecule has 0 radical (unpaired) electrons. The molecule has 3 heteroatoms. The monoisotopic (exact) mass is 248 g/mol. The van der Waals surface area contributed by atoms with Crippen LogP contribution in [0.15, 0.2) is 0 Å². The predicted octanol–water partition coefficient (Wildman–Crippen LogP) is 2.02. The predicted molar refractivity (Wildman–Crippen MR) is 70.2 cm³/mol. The number of nitrogens with zero attached hydrogens (tertiary/aromatic N) is 2. The Hall–Kier alpha value is -0.570. The molecule has 2 aliphatic heterocycles. The molecule has 3 nitrogen and oxygen atoms in total. The highest BCUT2D eigenvalue weighted by Crippen LogP contribution is 2.48. The smallest absolute Gasteiger partial charge is 0.239 e. The molecule has 0 N–H and O–H groups in total. The Morgan fingerprint density at radius 1 is 1.00 bits per heavy atom. The molecule has 1 spiro atoms. The van der Waals surface area contributed by atoms with Crippen molar-refractivity contribution in [2.75, 3.05) is 19.6 Å². The van der Waals surface area contributed by atoms with Crippen molar-refractivity contribution in [3.63, 3.8) is 0 Å². The minimum atomic E-state index is 0.243. The van der Waals surface area contributed by atoms with Gasteiger partial charge in [0.1, 0.15) is 0 Å². The number of carbonyl (C=O) groups is 1. The summed E-state index contributed by atoms with van der Waals surface area (Å²) in [5.41, 5.74) is 0.554. The Morgan fingerprint density at radius 3 is 2.44 bits per heavy atom. The molecule has 4 rings (SSSR count). The van der Waals surface area contributed by atoms with Gasteiger partial charge in [0.15, 0.2) is 0 Å². The fourth-order valence-corrected chi connectivity index (χ4v) is 4.32. The number of hydrogen-bond donors (Lipinski definition) is 0. The number of amides is 1. The van der Waals surface area contributed by atoms with Crippen LogP contribution in [-0.2, 0) is 4.79 Å². The largest absolute Gasteiger partial charge is 0.341 e. The minimum Gasteiger partial charge on any atom is -0.341 e. The van der Waals surface area contributed by atoms with Crippen molar-refractivity contribution in [1.29, 1.82) is 0 Å². The Bertz CT molecular complexity index is 360. The lowest BCUT2D eigenvalue weighted by atomic mass is 9.68. The van der Waals surface area contributed by atoms with Crippen molar-refractivity contribution in [2.45, 2.75) is 63.5 Å². The van der Waals surface area contributed by atoms with Crippen LogP contribution in [0.25, 0.3) is 0 Å². The quantitative estimate of drug-likeness (QED) is 0.746. The molecular formula is C15H24N2O. The van der Waals surface area contributed by atoms with Gasteiger partial charge >= 0.3 is 0 Å². The zero-order valence-electron chi connectivity index (χ0n) is 11.2. The lowest BCUT2D eigenvalue weighted by Gasteiger charge is -2.38.